The zero-order chi connectivity index (χ0) is 12.3. The zero-order valence-electron chi connectivity index (χ0n) is 10.2. The first-order chi connectivity index (χ1) is 8.24. The Balaban J connectivity index is 2.35. The van der Waals surface area contributed by atoms with Crippen molar-refractivity contribution in [2.75, 3.05) is 6.61 Å². The first kappa shape index (κ1) is 11.9. The molecule has 1 aromatic carbocycles. The second-order valence-corrected chi connectivity index (χ2v) is 4.05. The lowest BCUT2D eigenvalue weighted by molar-refractivity contribution is 0.297. The molecule has 0 atom stereocenters. The number of aliphatic hydroxyl groups is 1. The lowest BCUT2D eigenvalue weighted by atomic mass is 10.1. The van der Waals surface area contributed by atoms with Gasteiger partial charge < -0.3 is 9.52 Å². The molecular formula is C14H17NO2. The maximum absolute atomic E-state index is 8.92. The molecule has 0 fully saturated rings. The lowest BCUT2D eigenvalue weighted by Gasteiger charge is -1.98. The number of nitrogens with zero attached hydrogens (tertiary/aromatic N) is 1. The van der Waals surface area contributed by atoms with E-state index in [0.29, 0.717) is 12.3 Å². The normalized spacial score (nSPS) is 10.8. The van der Waals surface area contributed by atoms with E-state index >= 15 is 0 Å². The molecule has 1 aromatic heterocycles. The molecule has 0 saturated carbocycles. The van der Waals surface area contributed by atoms with Crippen LogP contribution in [-0.2, 0) is 12.8 Å². The van der Waals surface area contributed by atoms with Crippen LogP contribution in [0, 0.1) is 6.92 Å². The van der Waals surface area contributed by atoms with E-state index in [0.717, 1.165) is 23.4 Å². The first-order valence-corrected chi connectivity index (χ1v) is 5.91. The number of benzene rings is 1. The molecule has 0 amide bonds. The maximum Gasteiger partial charge on any atom is 0.226 e. The standard InChI is InChI=1S/C14H17NO2/c1-3-11-5-4-6-12(9-11)14-15-13(7-8-16)10(2)17-14/h4-6,9,16H,3,7-8H2,1-2H3. The highest BCUT2D eigenvalue weighted by Crippen LogP contribution is 2.23. The molecule has 0 bridgehead atoms. The lowest BCUT2D eigenvalue weighted by Crippen LogP contribution is -1.92. The second-order valence-electron chi connectivity index (χ2n) is 4.05. The van der Waals surface area contributed by atoms with Crippen LogP contribution in [-0.4, -0.2) is 16.7 Å². The van der Waals surface area contributed by atoms with Gasteiger partial charge in [0.25, 0.3) is 0 Å². The third-order valence-corrected chi connectivity index (χ3v) is 2.82. The molecule has 0 unspecified atom stereocenters. The van der Waals surface area contributed by atoms with Crippen molar-refractivity contribution < 1.29 is 9.52 Å². The summed E-state index contributed by atoms with van der Waals surface area (Å²) in [7, 11) is 0. The highest BCUT2D eigenvalue weighted by molar-refractivity contribution is 5.55. The fraction of sp³-hybridized carbons (Fsp3) is 0.357. The molecule has 0 aliphatic carbocycles. The first-order valence-electron chi connectivity index (χ1n) is 5.91. The van der Waals surface area contributed by atoms with Crippen molar-refractivity contribution in [3.63, 3.8) is 0 Å². The monoisotopic (exact) mass is 231 g/mol. The van der Waals surface area contributed by atoms with Gasteiger partial charge in [0.2, 0.25) is 5.89 Å². The fourth-order valence-corrected chi connectivity index (χ4v) is 1.81. The van der Waals surface area contributed by atoms with Gasteiger partial charge in [-0.1, -0.05) is 19.1 Å². The topological polar surface area (TPSA) is 46.3 Å². The van der Waals surface area contributed by atoms with Gasteiger partial charge in [0, 0.05) is 18.6 Å². The molecule has 0 spiro atoms. The third-order valence-electron chi connectivity index (χ3n) is 2.82. The van der Waals surface area contributed by atoms with Gasteiger partial charge in [0.15, 0.2) is 0 Å². The minimum Gasteiger partial charge on any atom is -0.441 e. The predicted molar refractivity (Wildman–Crippen MR) is 66.8 cm³/mol. The van der Waals surface area contributed by atoms with Crippen molar-refractivity contribution in [3.8, 4) is 11.5 Å². The van der Waals surface area contributed by atoms with Gasteiger partial charge in [0.1, 0.15) is 5.76 Å². The quantitative estimate of drug-likeness (QED) is 0.880. The number of rotatable bonds is 4. The minimum absolute atomic E-state index is 0.0990. The largest absolute Gasteiger partial charge is 0.441 e. The molecule has 2 aromatic rings. The summed E-state index contributed by atoms with van der Waals surface area (Å²) in [4.78, 5) is 4.42. The van der Waals surface area contributed by atoms with Crippen LogP contribution in [0.15, 0.2) is 28.7 Å². The van der Waals surface area contributed by atoms with Crippen LogP contribution in [0.25, 0.3) is 11.5 Å². The average Bonchev–Trinajstić information content (AvgIpc) is 2.72. The predicted octanol–water partition coefficient (Wildman–Crippen LogP) is 2.75. The number of aryl methyl sites for hydroxylation is 2. The summed E-state index contributed by atoms with van der Waals surface area (Å²) in [5, 5.41) is 8.92. The molecule has 0 aliphatic rings. The number of oxazole rings is 1. The van der Waals surface area contributed by atoms with Crippen molar-refractivity contribution in [1.29, 1.82) is 0 Å². The SMILES string of the molecule is CCc1cccc(-c2nc(CCO)c(C)o2)c1. The Morgan fingerprint density at radius 2 is 2.18 bits per heavy atom. The summed E-state index contributed by atoms with van der Waals surface area (Å²) in [5.74, 6) is 1.43. The van der Waals surface area contributed by atoms with Crippen molar-refractivity contribution in [2.45, 2.75) is 26.7 Å². The Labute approximate surface area is 101 Å². The molecular weight excluding hydrogens is 214 g/mol. The van der Waals surface area contributed by atoms with Gasteiger partial charge in [0.05, 0.1) is 5.69 Å². The number of aromatic nitrogens is 1. The summed E-state index contributed by atoms with van der Waals surface area (Å²) >= 11 is 0. The van der Waals surface area contributed by atoms with E-state index in [2.05, 4.69) is 24.0 Å². The third kappa shape index (κ3) is 2.56. The van der Waals surface area contributed by atoms with Crippen LogP contribution in [0.1, 0.15) is 23.9 Å². The number of hydrogen-bond donors (Lipinski definition) is 1. The van der Waals surface area contributed by atoms with Crippen molar-refractivity contribution in [2.24, 2.45) is 0 Å². The van der Waals surface area contributed by atoms with E-state index in [-0.39, 0.29) is 6.61 Å². The number of hydrogen-bond acceptors (Lipinski definition) is 3. The van der Waals surface area contributed by atoms with Gasteiger partial charge in [-0.05, 0) is 31.0 Å². The molecule has 2 rings (SSSR count). The summed E-state index contributed by atoms with van der Waals surface area (Å²) in [6.07, 6.45) is 1.54. The molecule has 17 heavy (non-hydrogen) atoms. The van der Waals surface area contributed by atoms with Crippen LogP contribution >= 0.6 is 0 Å². The summed E-state index contributed by atoms with van der Waals surface area (Å²) < 4.78 is 5.63. The molecule has 90 valence electrons. The van der Waals surface area contributed by atoms with Gasteiger partial charge >= 0.3 is 0 Å². The Morgan fingerprint density at radius 3 is 2.88 bits per heavy atom. The Morgan fingerprint density at radius 1 is 1.35 bits per heavy atom. The Kier molecular flexibility index (Phi) is 3.59. The fourth-order valence-electron chi connectivity index (χ4n) is 1.81. The van der Waals surface area contributed by atoms with Crippen LogP contribution < -0.4 is 0 Å². The highest BCUT2D eigenvalue weighted by atomic mass is 16.4. The molecule has 0 saturated heterocycles. The molecule has 0 aliphatic heterocycles. The van der Waals surface area contributed by atoms with E-state index in [1.807, 2.05) is 19.1 Å². The molecule has 3 nitrogen and oxygen atoms in total. The van der Waals surface area contributed by atoms with Crippen LogP contribution in [0.2, 0.25) is 0 Å². The summed E-state index contributed by atoms with van der Waals surface area (Å²) in [5.41, 5.74) is 3.10. The van der Waals surface area contributed by atoms with E-state index in [1.54, 1.807) is 0 Å². The van der Waals surface area contributed by atoms with Crippen LogP contribution in [0.5, 0.6) is 0 Å². The minimum atomic E-state index is 0.0990. The molecule has 3 heteroatoms. The molecule has 1 N–H and O–H groups in total. The van der Waals surface area contributed by atoms with E-state index in [9.17, 15) is 0 Å². The smallest absolute Gasteiger partial charge is 0.226 e. The van der Waals surface area contributed by atoms with Gasteiger partial charge in [-0.25, -0.2) is 4.98 Å². The maximum atomic E-state index is 8.92. The van der Waals surface area contributed by atoms with Crippen LogP contribution in [0.3, 0.4) is 0 Å². The van der Waals surface area contributed by atoms with E-state index in [1.165, 1.54) is 5.56 Å². The summed E-state index contributed by atoms with van der Waals surface area (Å²) in [6.45, 7) is 4.10. The molecule has 0 radical (unpaired) electrons. The average molecular weight is 231 g/mol. The second kappa shape index (κ2) is 5.15. The van der Waals surface area contributed by atoms with Gasteiger partial charge in [-0.3, -0.25) is 0 Å². The van der Waals surface area contributed by atoms with Crippen molar-refractivity contribution in [3.05, 3.63) is 41.3 Å². The van der Waals surface area contributed by atoms with Crippen LogP contribution in [0.4, 0.5) is 0 Å². The summed E-state index contributed by atoms with van der Waals surface area (Å²) in [6, 6.07) is 8.19. The zero-order valence-corrected chi connectivity index (χ0v) is 10.2. The van der Waals surface area contributed by atoms with E-state index in [4.69, 9.17) is 9.52 Å². The number of aliphatic hydroxyl groups excluding tert-OH is 1. The Hall–Kier alpha value is -1.61. The highest BCUT2D eigenvalue weighted by Gasteiger charge is 2.10. The molecule has 1 heterocycles. The van der Waals surface area contributed by atoms with Gasteiger partial charge in [-0.2, -0.15) is 0 Å². The van der Waals surface area contributed by atoms with Crippen molar-refractivity contribution >= 4 is 0 Å². The van der Waals surface area contributed by atoms with E-state index < -0.39 is 0 Å². The van der Waals surface area contributed by atoms with Gasteiger partial charge in [-0.15, -0.1) is 0 Å². The van der Waals surface area contributed by atoms with Crippen molar-refractivity contribution in [1.82, 2.24) is 4.98 Å². The Bertz CT molecular complexity index is 503.